The second-order valence-electron chi connectivity index (χ2n) is 6.38. The van der Waals surface area contributed by atoms with Gasteiger partial charge in [-0.15, -0.1) is 0 Å². The molecule has 6 nitrogen and oxygen atoms in total. The number of thiazole rings is 1. The van der Waals surface area contributed by atoms with E-state index in [0.29, 0.717) is 11.5 Å². The number of amides is 1. The number of hydrogen-bond acceptors (Lipinski definition) is 4. The summed E-state index contributed by atoms with van der Waals surface area (Å²) in [6, 6.07) is 13.7. The van der Waals surface area contributed by atoms with Crippen molar-refractivity contribution in [1.29, 1.82) is 0 Å². The van der Waals surface area contributed by atoms with Gasteiger partial charge in [0.1, 0.15) is 23.7 Å². The number of carbonyl (C=O) groups excluding carboxylic acids is 1. The molecule has 3 aromatic heterocycles. The Labute approximate surface area is 159 Å². The van der Waals surface area contributed by atoms with Crippen molar-refractivity contribution in [3.05, 3.63) is 75.0 Å². The Morgan fingerprint density at radius 3 is 2.67 bits per heavy atom. The number of fused-ring (bicyclic) bond motifs is 1. The van der Waals surface area contributed by atoms with E-state index in [1.807, 2.05) is 66.9 Å². The van der Waals surface area contributed by atoms with Crippen molar-refractivity contribution >= 4 is 28.7 Å². The van der Waals surface area contributed by atoms with Gasteiger partial charge < -0.3 is 5.32 Å². The van der Waals surface area contributed by atoms with Gasteiger partial charge in [0.25, 0.3) is 0 Å². The fourth-order valence-electron chi connectivity index (χ4n) is 2.97. The SMILES string of the molecule is Cc1ccn2c(NC(=O)Cn3c(C)csc3=O)c(-c3ccccc3)nc2c1. The van der Waals surface area contributed by atoms with Crippen molar-refractivity contribution < 1.29 is 4.79 Å². The Kier molecular flexibility index (Phi) is 4.37. The van der Waals surface area contributed by atoms with Crippen LogP contribution in [0.3, 0.4) is 0 Å². The van der Waals surface area contributed by atoms with Crippen molar-refractivity contribution in [2.24, 2.45) is 0 Å². The molecular weight excluding hydrogens is 360 g/mol. The van der Waals surface area contributed by atoms with Gasteiger partial charge in [-0.2, -0.15) is 0 Å². The van der Waals surface area contributed by atoms with E-state index in [-0.39, 0.29) is 17.3 Å². The second kappa shape index (κ2) is 6.85. The predicted molar refractivity (Wildman–Crippen MR) is 107 cm³/mol. The quantitative estimate of drug-likeness (QED) is 0.591. The predicted octanol–water partition coefficient (Wildman–Crippen LogP) is 3.48. The van der Waals surface area contributed by atoms with E-state index in [1.165, 1.54) is 4.57 Å². The number of imidazole rings is 1. The fourth-order valence-corrected chi connectivity index (χ4v) is 3.71. The second-order valence-corrected chi connectivity index (χ2v) is 7.21. The Balaban J connectivity index is 1.75. The van der Waals surface area contributed by atoms with Gasteiger partial charge in [-0.05, 0) is 31.5 Å². The molecule has 0 spiro atoms. The van der Waals surface area contributed by atoms with Gasteiger partial charge in [0.05, 0.1) is 0 Å². The van der Waals surface area contributed by atoms with E-state index in [9.17, 15) is 9.59 Å². The summed E-state index contributed by atoms with van der Waals surface area (Å²) in [6.45, 7) is 3.79. The zero-order valence-electron chi connectivity index (χ0n) is 15.0. The molecule has 3 heterocycles. The molecule has 1 aromatic carbocycles. The molecule has 0 aliphatic rings. The minimum Gasteiger partial charge on any atom is -0.308 e. The maximum Gasteiger partial charge on any atom is 0.307 e. The van der Waals surface area contributed by atoms with Crippen LogP contribution in [0.2, 0.25) is 0 Å². The molecule has 0 radical (unpaired) electrons. The molecule has 0 fully saturated rings. The summed E-state index contributed by atoms with van der Waals surface area (Å²) in [4.78, 5) is 29.1. The van der Waals surface area contributed by atoms with E-state index in [0.717, 1.165) is 33.8 Å². The number of rotatable bonds is 4. The molecule has 0 unspecified atom stereocenters. The molecular formula is C20H18N4O2S. The van der Waals surface area contributed by atoms with Gasteiger partial charge >= 0.3 is 4.87 Å². The molecule has 0 saturated heterocycles. The van der Waals surface area contributed by atoms with E-state index >= 15 is 0 Å². The molecule has 0 atom stereocenters. The smallest absolute Gasteiger partial charge is 0.307 e. The number of nitrogens with zero attached hydrogens (tertiary/aromatic N) is 3. The van der Waals surface area contributed by atoms with Crippen LogP contribution in [0.5, 0.6) is 0 Å². The van der Waals surface area contributed by atoms with Crippen molar-refractivity contribution in [3.63, 3.8) is 0 Å². The van der Waals surface area contributed by atoms with Crippen LogP contribution < -0.4 is 10.2 Å². The minimum absolute atomic E-state index is 0.0263. The third-order valence-electron chi connectivity index (χ3n) is 4.36. The Hall–Kier alpha value is -3.19. The number of aromatic nitrogens is 3. The standard InChI is InChI=1S/C20H18N4O2S/c1-13-8-9-23-16(10-13)21-18(15-6-4-3-5-7-15)19(23)22-17(25)11-24-14(2)12-27-20(24)26/h3-10,12H,11H2,1-2H3,(H,22,25). The zero-order valence-corrected chi connectivity index (χ0v) is 15.8. The lowest BCUT2D eigenvalue weighted by Crippen LogP contribution is -2.25. The summed E-state index contributed by atoms with van der Waals surface area (Å²) >= 11 is 1.10. The summed E-state index contributed by atoms with van der Waals surface area (Å²) in [6.07, 6.45) is 1.89. The average Bonchev–Trinajstić information content (AvgIpc) is 3.17. The molecule has 136 valence electrons. The van der Waals surface area contributed by atoms with Crippen LogP contribution in [0.15, 0.2) is 58.8 Å². The Bertz CT molecular complexity index is 1190. The van der Waals surface area contributed by atoms with Crippen LogP contribution in [-0.2, 0) is 11.3 Å². The molecule has 1 amide bonds. The molecule has 27 heavy (non-hydrogen) atoms. The maximum atomic E-state index is 12.7. The molecule has 0 aliphatic heterocycles. The normalized spacial score (nSPS) is 11.0. The molecule has 0 aliphatic carbocycles. The first-order chi connectivity index (χ1) is 13.0. The number of hydrogen-bond donors (Lipinski definition) is 1. The Morgan fingerprint density at radius 1 is 1.19 bits per heavy atom. The van der Waals surface area contributed by atoms with Gasteiger partial charge in [-0.25, -0.2) is 4.98 Å². The van der Waals surface area contributed by atoms with Gasteiger partial charge in [0.2, 0.25) is 5.91 Å². The first kappa shape index (κ1) is 17.2. The largest absolute Gasteiger partial charge is 0.308 e. The number of anilines is 1. The number of benzene rings is 1. The van der Waals surface area contributed by atoms with Crippen molar-refractivity contribution in [1.82, 2.24) is 14.0 Å². The third-order valence-corrected chi connectivity index (χ3v) is 5.25. The lowest BCUT2D eigenvalue weighted by Gasteiger charge is -2.09. The number of pyridine rings is 1. The highest BCUT2D eigenvalue weighted by Crippen LogP contribution is 2.29. The van der Waals surface area contributed by atoms with Crippen molar-refractivity contribution in [2.45, 2.75) is 20.4 Å². The first-order valence-corrected chi connectivity index (χ1v) is 9.40. The molecule has 1 N–H and O–H groups in total. The van der Waals surface area contributed by atoms with Gasteiger partial charge in [0.15, 0.2) is 0 Å². The van der Waals surface area contributed by atoms with Crippen LogP contribution in [0.1, 0.15) is 11.3 Å². The number of nitrogens with one attached hydrogen (secondary N) is 1. The van der Waals surface area contributed by atoms with Crippen molar-refractivity contribution in [3.8, 4) is 11.3 Å². The highest BCUT2D eigenvalue weighted by Gasteiger charge is 2.17. The van der Waals surface area contributed by atoms with Crippen LogP contribution >= 0.6 is 11.3 Å². The van der Waals surface area contributed by atoms with Crippen molar-refractivity contribution in [2.75, 3.05) is 5.32 Å². The van der Waals surface area contributed by atoms with E-state index < -0.39 is 0 Å². The summed E-state index contributed by atoms with van der Waals surface area (Å²) in [5, 5.41) is 4.70. The monoisotopic (exact) mass is 378 g/mol. The maximum absolute atomic E-state index is 12.7. The van der Waals surface area contributed by atoms with Crippen LogP contribution in [0.4, 0.5) is 5.82 Å². The van der Waals surface area contributed by atoms with Crippen LogP contribution in [0, 0.1) is 13.8 Å². The number of carbonyl (C=O) groups is 1. The Morgan fingerprint density at radius 2 is 1.96 bits per heavy atom. The average molecular weight is 378 g/mol. The minimum atomic E-state index is -0.266. The molecule has 0 bridgehead atoms. The number of aryl methyl sites for hydroxylation is 2. The van der Waals surface area contributed by atoms with Crippen LogP contribution in [-0.4, -0.2) is 19.9 Å². The fraction of sp³-hybridized carbons (Fsp3) is 0.150. The van der Waals surface area contributed by atoms with E-state index in [4.69, 9.17) is 4.98 Å². The molecule has 4 rings (SSSR count). The zero-order chi connectivity index (χ0) is 19.0. The third kappa shape index (κ3) is 3.29. The van der Waals surface area contributed by atoms with E-state index in [2.05, 4.69) is 5.32 Å². The highest BCUT2D eigenvalue weighted by molar-refractivity contribution is 7.07. The first-order valence-electron chi connectivity index (χ1n) is 8.52. The lowest BCUT2D eigenvalue weighted by molar-refractivity contribution is -0.116. The van der Waals surface area contributed by atoms with Gasteiger partial charge in [0, 0.05) is 22.8 Å². The summed E-state index contributed by atoms with van der Waals surface area (Å²) < 4.78 is 3.33. The molecule has 0 saturated carbocycles. The van der Waals surface area contributed by atoms with Crippen LogP contribution in [0.25, 0.3) is 16.9 Å². The summed E-state index contributed by atoms with van der Waals surface area (Å²) in [5.41, 5.74) is 4.23. The van der Waals surface area contributed by atoms with Gasteiger partial charge in [-0.3, -0.25) is 18.6 Å². The van der Waals surface area contributed by atoms with E-state index in [1.54, 1.807) is 5.38 Å². The topological polar surface area (TPSA) is 68.4 Å². The lowest BCUT2D eigenvalue weighted by atomic mass is 10.1. The molecule has 7 heteroatoms. The highest BCUT2D eigenvalue weighted by atomic mass is 32.1. The molecule has 4 aromatic rings. The van der Waals surface area contributed by atoms with Gasteiger partial charge in [-0.1, -0.05) is 41.7 Å². The summed E-state index contributed by atoms with van der Waals surface area (Å²) in [7, 11) is 0. The summed E-state index contributed by atoms with van der Waals surface area (Å²) in [5.74, 6) is 0.334.